The Morgan fingerprint density at radius 2 is 2.17 bits per heavy atom. The first-order valence-electron chi connectivity index (χ1n) is 3.13. The largest absolute Gasteiger partial charge is 0.280 e. The van der Waals surface area contributed by atoms with Crippen LogP contribution in [0, 0.1) is 0 Å². The Hall–Kier alpha value is -0.320. The summed E-state index contributed by atoms with van der Waals surface area (Å²) >= 11 is 5.77. The molecule has 0 N–H and O–H groups in total. The Morgan fingerprint density at radius 3 is 2.83 bits per heavy atom. The summed E-state index contributed by atoms with van der Waals surface area (Å²) in [7, 11) is -0.492. The van der Waals surface area contributed by atoms with Crippen LogP contribution in [0.4, 0.5) is 0 Å². The first kappa shape index (κ1) is 8.29. The molecule has 1 aliphatic rings. The van der Waals surface area contributed by atoms with Gasteiger partial charge in [0.2, 0.25) is 5.12 Å². The van der Waals surface area contributed by atoms with Gasteiger partial charge in [0.25, 0.3) is 0 Å². The van der Waals surface area contributed by atoms with Crippen molar-refractivity contribution < 1.29 is 9.00 Å². The second-order valence-electron chi connectivity index (χ2n) is 2.22. The number of halogens is 1. The lowest BCUT2D eigenvalue weighted by Crippen LogP contribution is -1.87. The fraction of sp³-hybridized carbons (Fsp3) is 0. The number of carbonyl (C=O) groups is 1. The number of carbonyl (C=O) groups excluding carboxylic acids is 1. The van der Waals surface area contributed by atoms with Crippen LogP contribution in [-0.4, -0.2) is 9.32 Å². The third-order valence-corrected chi connectivity index (χ3v) is 4.64. The Balaban J connectivity index is 2.75. The Bertz CT molecular complexity index is 389. The molecule has 1 aliphatic heterocycles. The van der Waals surface area contributed by atoms with Crippen molar-refractivity contribution in [2.45, 2.75) is 4.90 Å². The van der Waals surface area contributed by atoms with Gasteiger partial charge in [0.1, 0.15) is 9.83 Å². The van der Waals surface area contributed by atoms with E-state index in [9.17, 15) is 9.00 Å². The molecule has 5 heteroatoms. The van der Waals surface area contributed by atoms with Gasteiger partial charge in [-0.15, -0.1) is 0 Å². The summed E-state index contributed by atoms with van der Waals surface area (Å²) < 4.78 is 11.3. The van der Waals surface area contributed by atoms with Gasteiger partial charge in [0, 0.05) is 16.4 Å². The third kappa shape index (κ3) is 1.11. The van der Waals surface area contributed by atoms with Crippen molar-refractivity contribution in [1.29, 1.82) is 0 Å². The highest BCUT2D eigenvalue weighted by molar-refractivity contribution is 8.76. The zero-order valence-corrected chi connectivity index (χ0v) is 8.13. The van der Waals surface area contributed by atoms with E-state index in [0.717, 1.165) is 10.8 Å². The van der Waals surface area contributed by atoms with Crippen molar-refractivity contribution in [3.05, 3.63) is 28.8 Å². The zero-order chi connectivity index (χ0) is 8.72. The van der Waals surface area contributed by atoms with Gasteiger partial charge in [-0.3, -0.25) is 4.79 Å². The molecular weight excluding hydrogens is 216 g/mol. The van der Waals surface area contributed by atoms with Crippen molar-refractivity contribution in [2.24, 2.45) is 0 Å². The van der Waals surface area contributed by atoms with Crippen LogP contribution in [0.25, 0.3) is 0 Å². The van der Waals surface area contributed by atoms with Crippen LogP contribution >= 0.6 is 22.4 Å². The van der Waals surface area contributed by atoms with Crippen LogP contribution in [0.5, 0.6) is 0 Å². The van der Waals surface area contributed by atoms with E-state index in [1.165, 1.54) is 0 Å². The lowest BCUT2D eigenvalue weighted by molar-refractivity contribution is 0.108. The van der Waals surface area contributed by atoms with Gasteiger partial charge in [-0.05, 0) is 12.1 Å². The van der Waals surface area contributed by atoms with E-state index >= 15 is 0 Å². The Morgan fingerprint density at radius 1 is 1.42 bits per heavy atom. The van der Waals surface area contributed by atoms with Gasteiger partial charge in [0.15, 0.2) is 0 Å². The van der Waals surface area contributed by atoms with E-state index in [0.29, 0.717) is 15.5 Å². The predicted octanol–water partition coefficient (Wildman–Crippen LogP) is 2.25. The van der Waals surface area contributed by atoms with Crippen LogP contribution < -0.4 is 0 Å². The van der Waals surface area contributed by atoms with Crippen molar-refractivity contribution >= 4 is 37.3 Å². The topological polar surface area (TPSA) is 34.1 Å². The second kappa shape index (κ2) is 2.87. The van der Waals surface area contributed by atoms with Crippen LogP contribution in [0.2, 0.25) is 5.02 Å². The van der Waals surface area contributed by atoms with E-state index in [1.807, 2.05) is 0 Å². The maximum Gasteiger partial charge on any atom is 0.233 e. The van der Waals surface area contributed by atoms with E-state index in [1.54, 1.807) is 18.2 Å². The molecule has 2 rings (SSSR count). The van der Waals surface area contributed by atoms with Gasteiger partial charge in [-0.25, -0.2) is 4.21 Å². The van der Waals surface area contributed by atoms with Gasteiger partial charge in [-0.1, -0.05) is 17.7 Å². The fourth-order valence-corrected chi connectivity index (χ4v) is 4.10. The molecule has 0 aromatic heterocycles. The number of hydrogen-bond donors (Lipinski definition) is 0. The van der Waals surface area contributed by atoms with E-state index in [4.69, 9.17) is 11.6 Å². The zero-order valence-electron chi connectivity index (χ0n) is 5.74. The molecule has 12 heavy (non-hydrogen) atoms. The van der Waals surface area contributed by atoms with Gasteiger partial charge < -0.3 is 0 Å². The maximum atomic E-state index is 11.3. The van der Waals surface area contributed by atoms with E-state index in [2.05, 4.69) is 0 Å². The summed E-state index contributed by atoms with van der Waals surface area (Å²) in [4.78, 5) is 11.6. The van der Waals surface area contributed by atoms with Crippen LogP contribution in [-0.2, 0) is 9.83 Å². The molecule has 0 bridgehead atoms. The van der Waals surface area contributed by atoms with Crippen LogP contribution in [0.1, 0.15) is 10.4 Å². The van der Waals surface area contributed by atoms with E-state index < -0.39 is 9.83 Å². The lowest BCUT2D eigenvalue weighted by Gasteiger charge is -1.95. The van der Waals surface area contributed by atoms with Gasteiger partial charge in [-0.2, -0.15) is 0 Å². The number of benzene rings is 1. The maximum absolute atomic E-state index is 11.3. The first-order chi connectivity index (χ1) is 5.70. The predicted molar refractivity (Wildman–Crippen MR) is 49.8 cm³/mol. The summed E-state index contributed by atoms with van der Waals surface area (Å²) in [6.45, 7) is 0. The average molecular weight is 219 g/mol. The van der Waals surface area contributed by atoms with Crippen molar-refractivity contribution in [2.75, 3.05) is 0 Å². The molecule has 0 amide bonds. The fourth-order valence-electron chi connectivity index (χ4n) is 0.994. The lowest BCUT2D eigenvalue weighted by atomic mass is 10.2. The summed E-state index contributed by atoms with van der Waals surface area (Å²) in [5.74, 6) is 0. The molecule has 1 aromatic rings. The highest BCUT2D eigenvalue weighted by Gasteiger charge is 2.29. The molecule has 1 atom stereocenters. The molecule has 0 radical (unpaired) electrons. The Kier molecular flexibility index (Phi) is 1.98. The summed E-state index contributed by atoms with van der Waals surface area (Å²) in [6, 6.07) is 4.96. The minimum atomic E-state index is -1.30. The SMILES string of the molecule is O=C1SS(=O)c2c(Cl)cccc21. The minimum Gasteiger partial charge on any atom is -0.280 e. The molecule has 1 unspecified atom stereocenters. The third-order valence-electron chi connectivity index (χ3n) is 1.50. The molecule has 62 valence electrons. The van der Waals surface area contributed by atoms with Crippen molar-refractivity contribution in [3.8, 4) is 0 Å². The molecule has 2 nitrogen and oxygen atoms in total. The molecule has 1 heterocycles. The minimum absolute atomic E-state index is 0.161. The number of hydrogen-bond acceptors (Lipinski definition) is 3. The first-order valence-corrected chi connectivity index (χ1v) is 5.99. The normalized spacial score (nSPS) is 21.1. The average Bonchev–Trinajstić information content (AvgIpc) is 2.29. The number of rotatable bonds is 0. The molecule has 0 saturated carbocycles. The van der Waals surface area contributed by atoms with E-state index in [-0.39, 0.29) is 5.12 Å². The smallest absolute Gasteiger partial charge is 0.233 e. The standard InChI is InChI=1S/C7H3ClO2S2/c8-5-3-1-2-4-6(5)12(10)11-7(4)9/h1-3H. The summed E-state index contributed by atoms with van der Waals surface area (Å²) in [6.07, 6.45) is 0. The van der Waals surface area contributed by atoms with Gasteiger partial charge >= 0.3 is 0 Å². The molecule has 0 spiro atoms. The highest BCUT2D eigenvalue weighted by atomic mass is 35.5. The van der Waals surface area contributed by atoms with Crippen LogP contribution in [0.15, 0.2) is 23.1 Å². The number of fused-ring (bicyclic) bond motifs is 1. The molecular formula is C7H3ClO2S2. The molecule has 0 saturated heterocycles. The second-order valence-corrected chi connectivity index (χ2v) is 5.45. The molecule has 1 aromatic carbocycles. The summed E-state index contributed by atoms with van der Waals surface area (Å²) in [5.41, 5.74) is 0.478. The van der Waals surface area contributed by atoms with Crippen molar-refractivity contribution in [3.63, 3.8) is 0 Å². The van der Waals surface area contributed by atoms with Crippen LogP contribution in [0.3, 0.4) is 0 Å². The Labute approximate surface area is 80.2 Å². The highest BCUT2D eigenvalue weighted by Crippen LogP contribution is 2.38. The molecule has 0 aliphatic carbocycles. The van der Waals surface area contributed by atoms with Gasteiger partial charge in [0.05, 0.1) is 9.92 Å². The van der Waals surface area contributed by atoms with Crippen molar-refractivity contribution in [1.82, 2.24) is 0 Å². The molecule has 0 fully saturated rings. The monoisotopic (exact) mass is 218 g/mol. The quantitative estimate of drug-likeness (QED) is 0.627. The summed E-state index contributed by atoms with van der Waals surface area (Å²) in [5, 5.41) is 0.245.